The van der Waals surface area contributed by atoms with Gasteiger partial charge in [0, 0.05) is 13.1 Å². The summed E-state index contributed by atoms with van der Waals surface area (Å²) >= 11 is 0. The minimum Gasteiger partial charge on any atom is -0.481 e. The van der Waals surface area contributed by atoms with Crippen LogP contribution in [0.3, 0.4) is 0 Å². The summed E-state index contributed by atoms with van der Waals surface area (Å²) in [4.78, 5) is 15.4. The van der Waals surface area contributed by atoms with E-state index in [9.17, 15) is 4.79 Å². The van der Waals surface area contributed by atoms with E-state index in [0.717, 1.165) is 39.1 Å². The van der Waals surface area contributed by atoms with Crippen LogP contribution in [-0.2, 0) is 4.79 Å². The molecule has 1 N–H and O–H groups in total. The summed E-state index contributed by atoms with van der Waals surface area (Å²) in [5, 5.41) is 8.77. The molecule has 4 heteroatoms. The maximum atomic E-state index is 10.7. The van der Waals surface area contributed by atoms with Gasteiger partial charge in [0.15, 0.2) is 0 Å². The molecule has 0 atom stereocenters. The number of carbonyl (C=O) groups is 1. The molecular formula is C15H32N2O2. The number of nitrogens with zero attached hydrogens (tertiary/aromatic N) is 2. The molecule has 0 rings (SSSR count). The molecule has 0 unspecified atom stereocenters. The second-order valence-corrected chi connectivity index (χ2v) is 5.57. The Kier molecular flexibility index (Phi) is 10.9. The van der Waals surface area contributed by atoms with E-state index in [1.807, 2.05) is 0 Å². The molecule has 0 saturated heterocycles. The predicted octanol–water partition coefficient (Wildman–Crippen LogP) is 2.54. The van der Waals surface area contributed by atoms with Gasteiger partial charge in [0.1, 0.15) is 0 Å². The number of carboxylic acids is 1. The Hall–Kier alpha value is -0.610. The highest BCUT2D eigenvalue weighted by atomic mass is 16.4. The van der Waals surface area contributed by atoms with Crippen molar-refractivity contribution in [2.45, 2.75) is 47.0 Å². The summed E-state index contributed by atoms with van der Waals surface area (Å²) in [6.45, 7) is 14.8. The van der Waals surface area contributed by atoms with Crippen LogP contribution in [0.4, 0.5) is 0 Å². The third-order valence-corrected chi connectivity index (χ3v) is 3.36. The van der Waals surface area contributed by atoms with Crippen LogP contribution in [-0.4, -0.2) is 60.1 Å². The minimum absolute atomic E-state index is 0.253. The van der Waals surface area contributed by atoms with Crippen LogP contribution in [0.5, 0.6) is 0 Å². The van der Waals surface area contributed by atoms with Gasteiger partial charge >= 0.3 is 5.97 Å². The molecule has 0 aromatic rings. The maximum absolute atomic E-state index is 10.7. The quantitative estimate of drug-likeness (QED) is 0.555. The van der Waals surface area contributed by atoms with Crippen molar-refractivity contribution in [2.24, 2.45) is 5.92 Å². The third kappa shape index (κ3) is 11.0. The number of carboxylic acid groups (broad SMARTS) is 1. The Morgan fingerprint density at radius 2 is 1.53 bits per heavy atom. The van der Waals surface area contributed by atoms with Crippen molar-refractivity contribution in [1.82, 2.24) is 9.80 Å². The first kappa shape index (κ1) is 18.4. The zero-order valence-electron chi connectivity index (χ0n) is 13.2. The summed E-state index contributed by atoms with van der Waals surface area (Å²) in [5.74, 6) is -0.103. The number of unbranched alkanes of at least 4 members (excludes halogenated alkanes) is 1. The molecule has 0 radical (unpaired) electrons. The molecule has 0 aliphatic heterocycles. The van der Waals surface area contributed by atoms with Gasteiger partial charge in [0.25, 0.3) is 0 Å². The summed E-state index contributed by atoms with van der Waals surface area (Å²) in [6.07, 6.45) is 2.61. The van der Waals surface area contributed by atoms with Crippen LogP contribution < -0.4 is 0 Å². The molecule has 0 aromatic carbocycles. The minimum atomic E-state index is -0.697. The first-order valence-electron chi connectivity index (χ1n) is 7.66. The zero-order valence-corrected chi connectivity index (χ0v) is 13.2. The molecule has 0 saturated carbocycles. The largest absolute Gasteiger partial charge is 0.481 e. The van der Waals surface area contributed by atoms with E-state index in [4.69, 9.17) is 5.11 Å². The van der Waals surface area contributed by atoms with E-state index < -0.39 is 5.97 Å². The molecular weight excluding hydrogens is 240 g/mol. The lowest BCUT2D eigenvalue weighted by Crippen LogP contribution is -2.32. The van der Waals surface area contributed by atoms with Gasteiger partial charge < -0.3 is 14.9 Å². The number of aliphatic carboxylic acids is 1. The molecule has 0 bridgehead atoms. The Morgan fingerprint density at radius 1 is 1.00 bits per heavy atom. The van der Waals surface area contributed by atoms with Gasteiger partial charge in [0.2, 0.25) is 0 Å². The van der Waals surface area contributed by atoms with Crippen LogP contribution in [0.2, 0.25) is 0 Å². The molecule has 19 heavy (non-hydrogen) atoms. The molecule has 0 heterocycles. The number of hydrogen-bond acceptors (Lipinski definition) is 3. The topological polar surface area (TPSA) is 43.8 Å². The van der Waals surface area contributed by atoms with Crippen molar-refractivity contribution in [3.8, 4) is 0 Å². The maximum Gasteiger partial charge on any atom is 0.304 e. The van der Waals surface area contributed by atoms with Gasteiger partial charge in [-0.2, -0.15) is 0 Å². The molecule has 4 nitrogen and oxygen atoms in total. The fraction of sp³-hybridized carbons (Fsp3) is 0.933. The number of rotatable bonds is 12. The van der Waals surface area contributed by atoms with Gasteiger partial charge in [-0.1, -0.05) is 27.7 Å². The van der Waals surface area contributed by atoms with Crippen molar-refractivity contribution < 1.29 is 9.90 Å². The lowest BCUT2D eigenvalue weighted by atomic mass is 10.2. The summed E-state index contributed by atoms with van der Waals surface area (Å²) in [5.41, 5.74) is 0. The Bertz CT molecular complexity index is 228. The van der Waals surface area contributed by atoms with E-state index in [0.29, 0.717) is 12.5 Å². The van der Waals surface area contributed by atoms with Gasteiger partial charge in [-0.15, -0.1) is 0 Å². The van der Waals surface area contributed by atoms with Crippen molar-refractivity contribution in [1.29, 1.82) is 0 Å². The monoisotopic (exact) mass is 272 g/mol. The molecule has 0 spiro atoms. The standard InChI is InChI=1S/C15H32N2O2/c1-5-16(6-2)10-7-8-11-17(13-14(3)4)12-9-15(18)19/h14H,5-13H2,1-4H3,(H,18,19). The van der Waals surface area contributed by atoms with Crippen LogP contribution in [0.25, 0.3) is 0 Å². The summed E-state index contributed by atoms with van der Waals surface area (Å²) < 4.78 is 0. The molecule has 0 aliphatic carbocycles. The predicted molar refractivity (Wildman–Crippen MR) is 80.6 cm³/mol. The summed E-state index contributed by atoms with van der Waals surface area (Å²) in [7, 11) is 0. The SMILES string of the molecule is CCN(CC)CCCCN(CCC(=O)O)CC(C)C. The smallest absolute Gasteiger partial charge is 0.304 e. The highest BCUT2D eigenvalue weighted by Gasteiger charge is 2.09. The molecule has 0 aromatic heterocycles. The Labute approximate surface area is 118 Å². The second kappa shape index (κ2) is 11.2. The highest BCUT2D eigenvalue weighted by molar-refractivity contribution is 5.66. The first-order chi connectivity index (χ1) is 8.99. The van der Waals surface area contributed by atoms with E-state index >= 15 is 0 Å². The van der Waals surface area contributed by atoms with Crippen molar-refractivity contribution >= 4 is 5.97 Å². The van der Waals surface area contributed by atoms with Crippen molar-refractivity contribution in [3.05, 3.63) is 0 Å². The van der Waals surface area contributed by atoms with E-state index in [1.54, 1.807) is 0 Å². The fourth-order valence-corrected chi connectivity index (χ4v) is 2.28. The number of hydrogen-bond donors (Lipinski definition) is 1. The molecule has 0 fully saturated rings. The summed E-state index contributed by atoms with van der Waals surface area (Å²) in [6, 6.07) is 0. The van der Waals surface area contributed by atoms with Gasteiger partial charge in [-0.05, 0) is 44.9 Å². The van der Waals surface area contributed by atoms with E-state index in [-0.39, 0.29) is 6.42 Å². The molecule has 114 valence electrons. The zero-order chi connectivity index (χ0) is 14.7. The third-order valence-electron chi connectivity index (χ3n) is 3.36. The van der Waals surface area contributed by atoms with E-state index in [1.165, 1.54) is 6.42 Å². The van der Waals surface area contributed by atoms with Crippen molar-refractivity contribution in [2.75, 3.05) is 39.3 Å². The van der Waals surface area contributed by atoms with Crippen LogP contribution in [0.1, 0.15) is 47.0 Å². The Balaban J connectivity index is 3.87. The average molecular weight is 272 g/mol. The van der Waals surface area contributed by atoms with Crippen LogP contribution in [0, 0.1) is 5.92 Å². The van der Waals surface area contributed by atoms with E-state index in [2.05, 4.69) is 37.5 Å². The van der Waals surface area contributed by atoms with Gasteiger partial charge in [-0.25, -0.2) is 0 Å². The van der Waals surface area contributed by atoms with Crippen LogP contribution >= 0.6 is 0 Å². The van der Waals surface area contributed by atoms with Gasteiger partial charge in [-0.3, -0.25) is 4.79 Å². The fourth-order valence-electron chi connectivity index (χ4n) is 2.28. The first-order valence-corrected chi connectivity index (χ1v) is 7.66. The second-order valence-electron chi connectivity index (χ2n) is 5.57. The van der Waals surface area contributed by atoms with Gasteiger partial charge in [0.05, 0.1) is 6.42 Å². The normalized spacial score (nSPS) is 11.7. The van der Waals surface area contributed by atoms with Crippen molar-refractivity contribution in [3.63, 3.8) is 0 Å². The Morgan fingerprint density at radius 3 is 1.95 bits per heavy atom. The lowest BCUT2D eigenvalue weighted by Gasteiger charge is -2.24. The lowest BCUT2D eigenvalue weighted by molar-refractivity contribution is -0.137. The van der Waals surface area contributed by atoms with Crippen LogP contribution in [0.15, 0.2) is 0 Å². The average Bonchev–Trinajstić information content (AvgIpc) is 2.35. The molecule has 0 amide bonds. The molecule has 0 aliphatic rings. The highest BCUT2D eigenvalue weighted by Crippen LogP contribution is 2.04.